The fourth-order valence-corrected chi connectivity index (χ4v) is 2.73. The molecule has 1 aromatic rings. The lowest BCUT2D eigenvalue weighted by atomic mass is 10.0. The second kappa shape index (κ2) is 5.90. The van der Waals surface area contributed by atoms with Gasteiger partial charge in [0.2, 0.25) is 0 Å². The number of ether oxygens (including phenoxy) is 1. The highest BCUT2D eigenvalue weighted by molar-refractivity contribution is 7.53. The lowest BCUT2D eigenvalue weighted by Crippen LogP contribution is -2.36. The van der Waals surface area contributed by atoms with Gasteiger partial charge in [0.15, 0.2) is 12.4 Å². The monoisotopic (exact) mass is 358 g/mol. The number of aryl methyl sites for hydroxylation is 1. The highest BCUT2D eigenvalue weighted by Gasteiger charge is 2.53. The van der Waals surface area contributed by atoms with E-state index in [1.165, 1.54) is 6.92 Å². The molecule has 0 amide bonds. The van der Waals surface area contributed by atoms with Gasteiger partial charge in [0.05, 0.1) is 6.61 Å². The standard InChI is InChI=1S/C11H14F3N2O6P/c1-5-3-16(10(18)15-8(5)17)9-7(12)6(4-22-9)2-11(13,14)23(19,20)21/h3,6-7,9H,2,4H2,1H3,(H,15,17,18)(H2,19,20,21)/t6-,7-,9+/m0/s1. The summed E-state index contributed by atoms with van der Waals surface area (Å²) in [5.74, 6) is -1.51. The Hall–Kier alpha value is -1.42. The fourth-order valence-electron chi connectivity index (χ4n) is 2.25. The molecule has 3 atom stereocenters. The van der Waals surface area contributed by atoms with Gasteiger partial charge in [-0.25, -0.2) is 9.18 Å². The number of halogens is 3. The van der Waals surface area contributed by atoms with E-state index in [2.05, 4.69) is 0 Å². The molecule has 8 nitrogen and oxygen atoms in total. The number of alkyl halides is 3. The summed E-state index contributed by atoms with van der Waals surface area (Å²) in [7, 11) is -5.73. The minimum atomic E-state index is -5.73. The van der Waals surface area contributed by atoms with Crippen LogP contribution in [0, 0.1) is 12.8 Å². The first-order chi connectivity index (χ1) is 10.4. The SMILES string of the molecule is Cc1cn([C@@H]2OC[C@H](CC(F)(F)P(=O)(O)O)[C@@H]2F)c(=O)[nH]c1=O. The smallest absolute Gasteiger partial charge is 0.354 e. The molecule has 3 N–H and O–H groups in total. The summed E-state index contributed by atoms with van der Waals surface area (Å²) in [6.07, 6.45) is -4.06. The summed E-state index contributed by atoms with van der Waals surface area (Å²) in [6.45, 7) is 0.808. The molecule has 2 rings (SSSR count). The van der Waals surface area contributed by atoms with E-state index in [9.17, 15) is 27.3 Å². The van der Waals surface area contributed by atoms with Gasteiger partial charge in [-0.3, -0.25) is 18.9 Å². The van der Waals surface area contributed by atoms with Crippen molar-refractivity contribution in [3.8, 4) is 0 Å². The van der Waals surface area contributed by atoms with Crippen molar-refractivity contribution in [2.24, 2.45) is 5.92 Å². The Labute approximate surface area is 127 Å². The van der Waals surface area contributed by atoms with Crippen LogP contribution < -0.4 is 11.2 Å². The van der Waals surface area contributed by atoms with Gasteiger partial charge < -0.3 is 14.5 Å². The first kappa shape index (κ1) is 17.9. The number of aromatic amines is 1. The highest BCUT2D eigenvalue weighted by atomic mass is 31.2. The molecule has 0 radical (unpaired) electrons. The van der Waals surface area contributed by atoms with Crippen molar-refractivity contribution in [1.82, 2.24) is 9.55 Å². The fraction of sp³-hybridized carbons (Fsp3) is 0.636. The van der Waals surface area contributed by atoms with Crippen molar-refractivity contribution in [2.75, 3.05) is 6.61 Å². The van der Waals surface area contributed by atoms with Crippen LogP contribution in [-0.2, 0) is 9.30 Å². The molecule has 1 fully saturated rings. The van der Waals surface area contributed by atoms with E-state index in [-0.39, 0.29) is 5.56 Å². The maximum Gasteiger partial charge on any atom is 0.394 e. The van der Waals surface area contributed by atoms with E-state index in [4.69, 9.17) is 14.5 Å². The minimum Gasteiger partial charge on any atom is -0.354 e. The summed E-state index contributed by atoms with van der Waals surface area (Å²) >= 11 is 0. The number of H-pyrrole nitrogens is 1. The molecule has 0 unspecified atom stereocenters. The molecule has 1 aliphatic heterocycles. The van der Waals surface area contributed by atoms with E-state index in [0.717, 1.165) is 10.8 Å². The van der Waals surface area contributed by atoms with Gasteiger partial charge in [-0.1, -0.05) is 0 Å². The quantitative estimate of drug-likeness (QED) is 0.674. The van der Waals surface area contributed by atoms with E-state index in [1.54, 1.807) is 0 Å². The molecule has 1 saturated heterocycles. The van der Waals surface area contributed by atoms with Crippen LogP contribution in [0.4, 0.5) is 13.2 Å². The Morgan fingerprint density at radius 2 is 2.09 bits per heavy atom. The maximum absolute atomic E-state index is 14.3. The van der Waals surface area contributed by atoms with Gasteiger partial charge in [-0.2, -0.15) is 8.78 Å². The van der Waals surface area contributed by atoms with Crippen LogP contribution in [0.5, 0.6) is 0 Å². The number of rotatable bonds is 4. The number of nitrogens with one attached hydrogen (secondary N) is 1. The molecule has 1 aromatic heterocycles. The van der Waals surface area contributed by atoms with Gasteiger partial charge in [0.1, 0.15) is 0 Å². The number of hydrogen-bond acceptors (Lipinski definition) is 4. The van der Waals surface area contributed by atoms with E-state index in [1.807, 2.05) is 4.98 Å². The molecule has 0 spiro atoms. The second-order valence-electron chi connectivity index (χ2n) is 5.32. The van der Waals surface area contributed by atoms with Crippen molar-refractivity contribution >= 4 is 7.60 Å². The lowest BCUT2D eigenvalue weighted by Gasteiger charge is -2.22. The largest absolute Gasteiger partial charge is 0.394 e. The van der Waals surface area contributed by atoms with Crippen LogP contribution in [-0.4, -0.2) is 37.8 Å². The van der Waals surface area contributed by atoms with Gasteiger partial charge in [0.25, 0.3) is 5.56 Å². The highest BCUT2D eigenvalue weighted by Crippen LogP contribution is 2.57. The van der Waals surface area contributed by atoms with Crippen molar-refractivity contribution in [1.29, 1.82) is 0 Å². The second-order valence-corrected chi connectivity index (χ2v) is 7.06. The van der Waals surface area contributed by atoms with Crippen LogP contribution in [0.2, 0.25) is 0 Å². The Bertz CT molecular complexity index is 757. The zero-order valence-electron chi connectivity index (χ0n) is 11.8. The number of aromatic nitrogens is 2. The topological polar surface area (TPSA) is 122 Å². The molecule has 0 aliphatic carbocycles. The third-order valence-electron chi connectivity index (χ3n) is 3.56. The Kier molecular flexibility index (Phi) is 4.60. The Morgan fingerprint density at radius 1 is 1.48 bits per heavy atom. The lowest BCUT2D eigenvalue weighted by molar-refractivity contribution is 0.0158. The molecule has 0 saturated carbocycles. The van der Waals surface area contributed by atoms with Crippen LogP contribution >= 0.6 is 7.60 Å². The molecule has 2 heterocycles. The molecule has 23 heavy (non-hydrogen) atoms. The van der Waals surface area contributed by atoms with Crippen LogP contribution in [0.3, 0.4) is 0 Å². The molecule has 0 bridgehead atoms. The molecule has 1 aliphatic rings. The number of nitrogens with zero attached hydrogens (tertiary/aromatic N) is 1. The Balaban J connectivity index is 2.25. The summed E-state index contributed by atoms with van der Waals surface area (Å²) in [4.78, 5) is 42.0. The van der Waals surface area contributed by atoms with Crippen LogP contribution in [0.1, 0.15) is 18.2 Å². The normalized spacial score (nSPS) is 25.7. The van der Waals surface area contributed by atoms with E-state index in [0.29, 0.717) is 0 Å². The van der Waals surface area contributed by atoms with Gasteiger partial charge >= 0.3 is 18.9 Å². The van der Waals surface area contributed by atoms with Crippen LogP contribution in [0.25, 0.3) is 0 Å². The molecule has 12 heteroatoms. The maximum atomic E-state index is 14.3. The van der Waals surface area contributed by atoms with Gasteiger partial charge in [-0.05, 0) is 6.92 Å². The van der Waals surface area contributed by atoms with E-state index >= 15 is 0 Å². The predicted octanol–water partition coefficient (Wildman–Crippen LogP) is 0.489. The first-order valence-electron chi connectivity index (χ1n) is 6.45. The van der Waals surface area contributed by atoms with Gasteiger partial charge in [0, 0.05) is 24.1 Å². The third-order valence-corrected chi connectivity index (χ3v) is 4.59. The summed E-state index contributed by atoms with van der Waals surface area (Å²) in [5.41, 5.74) is -5.96. The van der Waals surface area contributed by atoms with Crippen LogP contribution in [0.15, 0.2) is 15.8 Å². The zero-order valence-corrected chi connectivity index (χ0v) is 12.7. The summed E-state index contributed by atoms with van der Waals surface area (Å²) < 4.78 is 57.5. The van der Waals surface area contributed by atoms with Gasteiger partial charge in [-0.15, -0.1) is 0 Å². The van der Waals surface area contributed by atoms with Crippen molar-refractivity contribution in [2.45, 2.75) is 31.4 Å². The van der Waals surface area contributed by atoms with Crippen molar-refractivity contribution < 1.29 is 32.3 Å². The van der Waals surface area contributed by atoms with Crippen molar-refractivity contribution in [3.63, 3.8) is 0 Å². The average molecular weight is 358 g/mol. The zero-order chi connectivity index (χ0) is 17.6. The predicted molar refractivity (Wildman–Crippen MR) is 71.0 cm³/mol. The first-order valence-corrected chi connectivity index (χ1v) is 8.06. The molecule has 0 aromatic carbocycles. The molecular weight excluding hydrogens is 344 g/mol. The summed E-state index contributed by atoms with van der Waals surface area (Å²) in [5, 5.41) is 0. The average Bonchev–Trinajstić information content (AvgIpc) is 2.74. The third kappa shape index (κ3) is 3.42. The Morgan fingerprint density at radius 3 is 2.65 bits per heavy atom. The van der Waals surface area contributed by atoms with Crippen molar-refractivity contribution in [3.05, 3.63) is 32.6 Å². The minimum absolute atomic E-state index is 0.0874. The molecule has 130 valence electrons. The number of hydrogen-bond donors (Lipinski definition) is 3. The van der Waals surface area contributed by atoms with E-state index < -0.39 is 55.9 Å². The summed E-state index contributed by atoms with van der Waals surface area (Å²) in [6, 6.07) is 0. The molecular formula is C11H14F3N2O6P.